The highest BCUT2D eigenvalue weighted by atomic mass is 35.5. The van der Waals surface area contributed by atoms with E-state index in [0.717, 1.165) is 0 Å². The molecule has 1 N–H and O–H groups in total. The zero-order chi connectivity index (χ0) is 26.9. The summed E-state index contributed by atoms with van der Waals surface area (Å²) in [6.45, 7) is 5.21. The molecule has 0 aromatic carbocycles. The van der Waals surface area contributed by atoms with E-state index >= 15 is 0 Å². The Bertz CT molecular complexity index is 1300. The van der Waals surface area contributed by atoms with Crippen molar-refractivity contribution in [2.24, 2.45) is 34.5 Å². The molecule has 0 amide bonds. The first-order valence-corrected chi connectivity index (χ1v) is 14.1. The highest BCUT2D eigenvalue weighted by Crippen LogP contribution is 2.75. The van der Waals surface area contributed by atoms with E-state index in [1.54, 1.807) is 19.1 Å². The van der Waals surface area contributed by atoms with E-state index in [0.29, 0.717) is 19.3 Å². The quantitative estimate of drug-likeness (QED) is 0.358. The maximum atomic E-state index is 14.9. The van der Waals surface area contributed by atoms with Gasteiger partial charge >= 0.3 is 11.9 Å². The number of hydrogen-bond acceptors (Lipinski definition) is 9. The van der Waals surface area contributed by atoms with Crippen LogP contribution in [0.3, 0.4) is 0 Å². The Hall–Kier alpha value is -1.81. The molecule has 5 heterocycles. The van der Waals surface area contributed by atoms with Crippen molar-refractivity contribution in [1.29, 1.82) is 0 Å². The second-order valence-electron chi connectivity index (χ2n) is 13.6. The molecule has 0 aromatic heterocycles. The third-order valence-electron chi connectivity index (χ3n) is 12.6. The molecule has 9 nitrogen and oxygen atoms in total. The van der Waals surface area contributed by atoms with Crippen molar-refractivity contribution in [3.63, 3.8) is 0 Å². The normalized spacial score (nSPS) is 61.3. The molecule has 8 rings (SSSR count). The standard InChI is InChI=1S/C28H31ClO9/c1-22-11-17-24(3)28-18(22)19(31)27(38-28,35-12-15(22)20(32)36-17)14-6-9-25(29)8-4-5-16(30)23(25,2)13(14)7-10-26(28,34)21(33)37-24/h4-5,13-15,17-18,34H,6-12H2,1-3H3. The molecule has 0 radical (unpaired) electrons. The Kier molecular flexibility index (Phi) is 4.04. The minimum absolute atomic E-state index is 0.0799. The summed E-state index contributed by atoms with van der Waals surface area (Å²) in [6, 6.07) is 0. The molecular weight excluding hydrogens is 516 g/mol. The van der Waals surface area contributed by atoms with Gasteiger partial charge in [-0.25, -0.2) is 4.79 Å². The summed E-state index contributed by atoms with van der Waals surface area (Å²) in [5.74, 6) is -6.68. The number of aliphatic hydroxyl groups is 1. The van der Waals surface area contributed by atoms with Crippen molar-refractivity contribution >= 4 is 35.1 Å². The summed E-state index contributed by atoms with van der Waals surface area (Å²) < 4.78 is 25.2. The number of ketones is 2. The largest absolute Gasteiger partial charge is 0.458 e. The topological polar surface area (TPSA) is 125 Å². The van der Waals surface area contributed by atoms with Crippen molar-refractivity contribution in [1.82, 2.24) is 0 Å². The van der Waals surface area contributed by atoms with Gasteiger partial charge in [0.05, 0.1) is 28.7 Å². The molecule has 2 spiro atoms. The lowest BCUT2D eigenvalue weighted by atomic mass is 9.46. The fourth-order valence-corrected chi connectivity index (χ4v) is 10.9. The van der Waals surface area contributed by atoms with Gasteiger partial charge in [-0.05, 0) is 62.9 Å². The van der Waals surface area contributed by atoms with Gasteiger partial charge in [0.1, 0.15) is 6.10 Å². The predicted octanol–water partition coefficient (Wildman–Crippen LogP) is 2.00. The van der Waals surface area contributed by atoms with Gasteiger partial charge in [-0.2, -0.15) is 0 Å². The minimum atomic E-state index is -2.21. The molecule has 12 unspecified atom stereocenters. The second-order valence-corrected chi connectivity index (χ2v) is 14.3. The number of halogens is 1. The molecule has 5 bridgehead atoms. The van der Waals surface area contributed by atoms with E-state index in [9.17, 15) is 24.3 Å². The van der Waals surface area contributed by atoms with E-state index in [2.05, 4.69) is 0 Å². The molecule has 12 atom stereocenters. The molecule has 5 saturated heterocycles. The lowest BCUT2D eigenvalue weighted by molar-refractivity contribution is -0.376. The molecule has 5 aliphatic heterocycles. The Morgan fingerprint density at radius 3 is 2.55 bits per heavy atom. The average Bonchev–Trinajstić information content (AvgIpc) is 3.17. The molecule has 2 saturated carbocycles. The van der Waals surface area contributed by atoms with Crippen LogP contribution in [0, 0.1) is 34.5 Å². The number of carbonyl (C=O) groups excluding carboxylic acids is 4. The Balaban J connectivity index is 1.42. The van der Waals surface area contributed by atoms with E-state index < -0.39 is 80.0 Å². The van der Waals surface area contributed by atoms with Crippen LogP contribution in [0.15, 0.2) is 12.2 Å². The molecular formula is C28H31ClO9. The van der Waals surface area contributed by atoms with Gasteiger partial charge in [0.25, 0.3) is 0 Å². The smallest absolute Gasteiger partial charge is 0.342 e. The average molecular weight is 547 g/mol. The number of ether oxygens (including phenoxy) is 4. The molecule has 3 aliphatic carbocycles. The molecule has 204 valence electrons. The lowest BCUT2D eigenvalue weighted by Crippen LogP contribution is -2.79. The lowest BCUT2D eigenvalue weighted by Gasteiger charge is -2.63. The number of esters is 2. The van der Waals surface area contributed by atoms with Crippen LogP contribution in [0.4, 0.5) is 0 Å². The van der Waals surface area contributed by atoms with Gasteiger partial charge < -0.3 is 24.1 Å². The van der Waals surface area contributed by atoms with Crippen LogP contribution in [0.2, 0.25) is 0 Å². The highest BCUT2D eigenvalue weighted by Gasteiger charge is 2.93. The number of fused-ring (bicyclic) bond motifs is 5. The van der Waals surface area contributed by atoms with Gasteiger partial charge in [0.2, 0.25) is 5.79 Å². The summed E-state index contributed by atoms with van der Waals surface area (Å²) >= 11 is 7.22. The number of carbonyl (C=O) groups is 4. The number of rotatable bonds is 0. The first kappa shape index (κ1) is 24.0. The summed E-state index contributed by atoms with van der Waals surface area (Å²) in [7, 11) is 0. The van der Waals surface area contributed by atoms with Gasteiger partial charge in [-0.3, -0.25) is 14.4 Å². The van der Waals surface area contributed by atoms with Gasteiger partial charge in [0, 0.05) is 5.92 Å². The van der Waals surface area contributed by atoms with Gasteiger partial charge in [-0.15, -0.1) is 11.6 Å². The van der Waals surface area contributed by atoms with Crippen LogP contribution >= 0.6 is 11.6 Å². The second kappa shape index (κ2) is 6.40. The SMILES string of the molecule is CC12CC3OC(=O)C1COC14OC5(C2C1=O)C(O)(CCC1C4CCC2(Cl)CC=CC(=O)C12C)C(=O)OC35C. The molecule has 7 fully saturated rings. The highest BCUT2D eigenvalue weighted by molar-refractivity contribution is 6.27. The minimum Gasteiger partial charge on any atom is -0.458 e. The molecule has 38 heavy (non-hydrogen) atoms. The zero-order valence-corrected chi connectivity index (χ0v) is 22.3. The monoisotopic (exact) mass is 546 g/mol. The van der Waals surface area contributed by atoms with E-state index in [1.807, 2.05) is 13.8 Å². The van der Waals surface area contributed by atoms with Crippen LogP contribution in [0.5, 0.6) is 0 Å². The van der Waals surface area contributed by atoms with Crippen LogP contribution < -0.4 is 0 Å². The van der Waals surface area contributed by atoms with E-state index in [1.165, 1.54) is 0 Å². The first-order valence-electron chi connectivity index (χ1n) is 13.7. The summed E-state index contributed by atoms with van der Waals surface area (Å²) in [4.78, 5) is 54.7. The van der Waals surface area contributed by atoms with Crippen LogP contribution in [-0.2, 0) is 38.1 Å². The Labute approximate surface area is 224 Å². The van der Waals surface area contributed by atoms with Crippen molar-refractivity contribution in [3.05, 3.63) is 12.2 Å². The third kappa shape index (κ3) is 2.03. The third-order valence-corrected chi connectivity index (χ3v) is 13.3. The Morgan fingerprint density at radius 1 is 1.05 bits per heavy atom. The zero-order valence-electron chi connectivity index (χ0n) is 21.6. The number of hydrogen-bond donors (Lipinski definition) is 1. The maximum absolute atomic E-state index is 14.9. The van der Waals surface area contributed by atoms with Crippen LogP contribution in [0.1, 0.15) is 59.3 Å². The summed E-state index contributed by atoms with van der Waals surface area (Å²) in [5, 5.41) is 12.4. The number of alkyl halides is 1. The Morgan fingerprint density at radius 2 is 1.79 bits per heavy atom. The van der Waals surface area contributed by atoms with Crippen molar-refractivity contribution < 1.29 is 43.2 Å². The fraction of sp³-hybridized carbons (Fsp3) is 0.786. The first-order chi connectivity index (χ1) is 17.8. The van der Waals surface area contributed by atoms with Crippen molar-refractivity contribution in [2.45, 2.75) is 92.9 Å². The fourth-order valence-electron chi connectivity index (χ4n) is 10.5. The summed E-state index contributed by atoms with van der Waals surface area (Å²) in [5.41, 5.74) is -7.66. The maximum Gasteiger partial charge on any atom is 0.342 e. The number of Topliss-reactive ketones (excluding diaryl/α,β-unsaturated/α-hetero) is 1. The van der Waals surface area contributed by atoms with Crippen LogP contribution in [0.25, 0.3) is 0 Å². The van der Waals surface area contributed by atoms with Crippen molar-refractivity contribution in [3.8, 4) is 0 Å². The van der Waals surface area contributed by atoms with Crippen molar-refractivity contribution in [2.75, 3.05) is 6.61 Å². The van der Waals surface area contributed by atoms with E-state index in [-0.39, 0.29) is 37.4 Å². The predicted molar refractivity (Wildman–Crippen MR) is 127 cm³/mol. The van der Waals surface area contributed by atoms with E-state index in [4.69, 9.17) is 30.5 Å². The van der Waals surface area contributed by atoms with Gasteiger partial charge in [-0.1, -0.05) is 19.9 Å². The molecule has 0 aromatic rings. The van der Waals surface area contributed by atoms with Crippen LogP contribution in [-0.4, -0.2) is 68.8 Å². The number of allylic oxidation sites excluding steroid dienone is 2. The molecule has 10 heteroatoms. The van der Waals surface area contributed by atoms with Gasteiger partial charge in [0.15, 0.2) is 28.4 Å². The molecule has 8 aliphatic rings. The summed E-state index contributed by atoms with van der Waals surface area (Å²) in [6.07, 6.45) is 4.32.